The molecule has 0 spiro atoms. The molecule has 3 nitrogen and oxygen atoms in total. The van der Waals surface area contributed by atoms with E-state index in [1.807, 2.05) is 17.0 Å². The Kier molecular flexibility index (Phi) is 4.02. The van der Waals surface area contributed by atoms with Crippen LogP contribution in [0.15, 0.2) is 24.3 Å². The zero-order chi connectivity index (χ0) is 13.1. The summed E-state index contributed by atoms with van der Waals surface area (Å²) in [5.74, 6) is 0.564. The predicted octanol–water partition coefficient (Wildman–Crippen LogP) is 2.43. The Hall–Kier alpha value is -1.35. The first-order valence-electron chi connectivity index (χ1n) is 6.74. The molecule has 1 fully saturated rings. The molecule has 1 heterocycles. The van der Waals surface area contributed by atoms with Gasteiger partial charge in [0.05, 0.1) is 0 Å². The highest BCUT2D eigenvalue weighted by molar-refractivity contribution is 5.83. The van der Waals surface area contributed by atoms with Gasteiger partial charge in [-0.3, -0.25) is 4.79 Å². The van der Waals surface area contributed by atoms with Crippen molar-refractivity contribution in [3.63, 3.8) is 0 Å². The van der Waals surface area contributed by atoms with Crippen LogP contribution in [-0.4, -0.2) is 23.9 Å². The summed E-state index contributed by atoms with van der Waals surface area (Å²) < 4.78 is 0. The summed E-state index contributed by atoms with van der Waals surface area (Å²) in [5.41, 5.74) is 8.24. The molecule has 1 saturated heterocycles. The minimum atomic E-state index is -0.510. The molecular weight excluding hydrogens is 224 g/mol. The number of likely N-dealkylation sites (tertiary alicyclic amines) is 1. The van der Waals surface area contributed by atoms with Crippen molar-refractivity contribution in [2.75, 3.05) is 13.1 Å². The third kappa shape index (κ3) is 2.72. The fourth-order valence-electron chi connectivity index (χ4n) is 2.37. The molecule has 1 unspecified atom stereocenters. The first-order chi connectivity index (χ1) is 8.59. The maximum Gasteiger partial charge on any atom is 0.244 e. The average molecular weight is 246 g/mol. The Morgan fingerprint density at radius 3 is 2.11 bits per heavy atom. The highest BCUT2D eigenvalue weighted by Gasteiger charge is 2.24. The molecule has 1 aliphatic heterocycles. The van der Waals surface area contributed by atoms with Gasteiger partial charge in [0, 0.05) is 13.1 Å². The lowest BCUT2D eigenvalue weighted by Gasteiger charge is -2.20. The number of hydrogen-bond acceptors (Lipinski definition) is 2. The SMILES string of the molecule is CC(C)c1ccc(C(N)C(=O)N2CCCC2)cc1. The summed E-state index contributed by atoms with van der Waals surface area (Å²) in [4.78, 5) is 14.0. The zero-order valence-electron chi connectivity index (χ0n) is 11.2. The van der Waals surface area contributed by atoms with E-state index in [0.29, 0.717) is 5.92 Å². The highest BCUT2D eigenvalue weighted by Crippen LogP contribution is 2.20. The van der Waals surface area contributed by atoms with Crippen LogP contribution >= 0.6 is 0 Å². The van der Waals surface area contributed by atoms with Gasteiger partial charge in [-0.15, -0.1) is 0 Å². The third-order valence-electron chi connectivity index (χ3n) is 3.65. The summed E-state index contributed by atoms with van der Waals surface area (Å²) in [7, 11) is 0. The average Bonchev–Trinajstić information content (AvgIpc) is 2.91. The first kappa shape index (κ1) is 13.1. The van der Waals surface area contributed by atoms with Gasteiger partial charge in [-0.2, -0.15) is 0 Å². The van der Waals surface area contributed by atoms with Crippen LogP contribution < -0.4 is 5.73 Å². The molecule has 3 heteroatoms. The minimum Gasteiger partial charge on any atom is -0.341 e. The standard InChI is InChI=1S/C15H22N2O/c1-11(2)12-5-7-13(8-6-12)14(16)15(18)17-9-3-4-10-17/h5-8,11,14H,3-4,9-10,16H2,1-2H3. The molecule has 0 bridgehead atoms. The number of carbonyl (C=O) groups is 1. The summed E-state index contributed by atoms with van der Waals surface area (Å²) in [6.07, 6.45) is 2.20. The second-order valence-electron chi connectivity index (χ2n) is 5.33. The largest absolute Gasteiger partial charge is 0.341 e. The van der Waals surface area contributed by atoms with Crippen LogP contribution in [0, 0.1) is 0 Å². The number of hydrogen-bond donors (Lipinski definition) is 1. The molecular formula is C15H22N2O. The fraction of sp³-hybridized carbons (Fsp3) is 0.533. The molecule has 0 saturated carbocycles. The maximum absolute atomic E-state index is 12.2. The quantitative estimate of drug-likeness (QED) is 0.890. The lowest BCUT2D eigenvalue weighted by molar-refractivity contribution is -0.131. The molecule has 2 N–H and O–H groups in total. The zero-order valence-corrected chi connectivity index (χ0v) is 11.2. The Balaban J connectivity index is 2.08. The molecule has 0 radical (unpaired) electrons. The van der Waals surface area contributed by atoms with E-state index in [4.69, 9.17) is 5.73 Å². The minimum absolute atomic E-state index is 0.0600. The lowest BCUT2D eigenvalue weighted by Crippen LogP contribution is -2.36. The lowest BCUT2D eigenvalue weighted by atomic mass is 9.99. The second kappa shape index (κ2) is 5.53. The van der Waals surface area contributed by atoms with Crippen molar-refractivity contribution in [2.24, 2.45) is 5.73 Å². The Bertz CT molecular complexity index is 405. The molecule has 1 aliphatic rings. The first-order valence-corrected chi connectivity index (χ1v) is 6.74. The van der Waals surface area contributed by atoms with Crippen molar-refractivity contribution < 1.29 is 4.79 Å². The molecule has 0 aliphatic carbocycles. The third-order valence-corrected chi connectivity index (χ3v) is 3.65. The van der Waals surface area contributed by atoms with Crippen molar-refractivity contribution >= 4 is 5.91 Å². The van der Waals surface area contributed by atoms with Crippen molar-refractivity contribution in [3.8, 4) is 0 Å². The van der Waals surface area contributed by atoms with Gasteiger partial charge in [0.1, 0.15) is 6.04 Å². The summed E-state index contributed by atoms with van der Waals surface area (Å²) in [5, 5.41) is 0. The summed E-state index contributed by atoms with van der Waals surface area (Å²) in [6, 6.07) is 7.58. The topological polar surface area (TPSA) is 46.3 Å². The molecule has 2 rings (SSSR count). The van der Waals surface area contributed by atoms with E-state index >= 15 is 0 Å². The number of rotatable bonds is 3. The number of benzene rings is 1. The molecule has 18 heavy (non-hydrogen) atoms. The van der Waals surface area contributed by atoms with Crippen LogP contribution in [0.2, 0.25) is 0 Å². The molecule has 98 valence electrons. The van der Waals surface area contributed by atoms with E-state index in [1.165, 1.54) is 5.56 Å². The van der Waals surface area contributed by atoms with Crippen LogP contribution in [0.1, 0.15) is 49.8 Å². The van der Waals surface area contributed by atoms with Crippen LogP contribution in [0.25, 0.3) is 0 Å². The van der Waals surface area contributed by atoms with Gasteiger partial charge in [0.25, 0.3) is 0 Å². The highest BCUT2D eigenvalue weighted by atomic mass is 16.2. The van der Waals surface area contributed by atoms with Gasteiger partial charge < -0.3 is 10.6 Å². The van der Waals surface area contributed by atoms with Crippen molar-refractivity contribution in [1.29, 1.82) is 0 Å². The smallest absolute Gasteiger partial charge is 0.244 e. The molecule has 1 aromatic carbocycles. The van der Waals surface area contributed by atoms with Gasteiger partial charge in [-0.1, -0.05) is 38.1 Å². The van der Waals surface area contributed by atoms with Crippen molar-refractivity contribution in [1.82, 2.24) is 4.90 Å². The van der Waals surface area contributed by atoms with E-state index < -0.39 is 6.04 Å². The van der Waals surface area contributed by atoms with Gasteiger partial charge in [0.2, 0.25) is 5.91 Å². The Labute approximate surface area is 109 Å². The summed E-state index contributed by atoms with van der Waals surface area (Å²) >= 11 is 0. The number of amides is 1. The Morgan fingerprint density at radius 2 is 1.61 bits per heavy atom. The van der Waals surface area contributed by atoms with E-state index in [9.17, 15) is 4.79 Å². The van der Waals surface area contributed by atoms with Crippen LogP contribution in [0.5, 0.6) is 0 Å². The van der Waals surface area contributed by atoms with Crippen LogP contribution in [0.4, 0.5) is 0 Å². The van der Waals surface area contributed by atoms with Crippen molar-refractivity contribution in [2.45, 2.75) is 38.6 Å². The van der Waals surface area contributed by atoms with Crippen LogP contribution in [-0.2, 0) is 4.79 Å². The van der Waals surface area contributed by atoms with Gasteiger partial charge in [-0.25, -0.2) is 0 Å². The normalized spacial score (nSPS) is 17.2. The number of nitrogens with zero attached hydrogens (tertiary/aromatic N) is 1. The van der Waals surface area contributed by atoms with Gasteiger partial charge in [-0.05, 0) is 29.9 Å². The summed E-state index contributed by atoms with van der Waals surface area (Å²) in [6.45, 7) is 6.03. The number of carbonyl (C=O) groups excluding carboxylic acids is 1. The van der Waals surface area contributed by atoms with Crippen LogP contribution in [0.3, 0.4) is 0 Å². The number of nitrogens with two attached hydrogens (primary N) is 1. The monoisotopic (exact) mass is 246 g/mol. The fourth-order valence-corrected chi connectivity index (χ4v) is 2.37. The molecule has 1 amide bonds. The maximum atomic E-state index is 12.2. The molecule has 1 atom stereocenters. The second-order valence-corrected chi connectivity index (χ2v) is 5.33. The van der Waals surface area contributed by atoms with E-state index in [1.54, 1.807) is 0 Å². The van der Waals surface area contributed by atoms with Crippen molar-refractivity contribution in [3.05, 3.63) is 35.4 Å². The molecule has 1 aromatic rings. The van der Waals surface area contributed by atoms with Gasteiger partial charge in [0.15, 0.2) is 0 Å². The Morgan fingerprint density at radius 1 is 1.11 bits per heavy atom. The van der Waals surface area contributed by atoms with E-state index in [2.05, 4.69) is 26.0 Å². The van der Waals surface area contributed by atoms with E-state index in [-0.39, 0.29) is 5.91 Å². The molecule has 0 aromatic heterocycles. The predicted molar refractivity (Wildman–Crippen MR) is 73.3 cm³/mol. The van der Waals surface area contributed by atoms with E-state index in [0.717, 1.165) is 31.5 Å². The van der Waals surface area contributed by atoms with Gasteiger partial charge >= 0.3 is 0 Å².